The molecule has 1 heterocycles. The average molecular weight is 224 g/mol. The molecule has 0 aliphatic rings. The Morgan fingerprint density at radius 1 is 1.50 bits per heavy atom. The summed E-state index contributed by atoms with van der Waals surface area (Å²) in [5.74, 6) is -0.680. The number of carboxylic acid groups (broad SMARTS) is 1. The second-order valence-electron chi connectivity index (χ2n) is 3.75. The fraction of sp³-hybridized carbons (Fsp3) is 0.500. The Kier molecular flexibility index (Phi) is 4.19. The number of nitrogens with zero attached hydrogens (tertiary/aromatic N) is 3. The van der Waals surface area contributed by atoms with Gasteiger partial charge in [0.2, 0.25) is 5.95 Å². The molecule has 0 saturated carbocycles. The normalized spacial score (nSPS) is 10.5. The van der Waals surface area contributed by atoms with Crippen molar-refractivity contribution in [2.24, 2.45) is 0 Å². The molecule has 6 heteroatoms. The van der Waals surface area contributed by atoms with E-state index in [4.69, 9.17) is 5.11 Å². The van der Waals surface area contributed by atoms with Crippen molar-refractivity contribution in [3.63, 3.8) is 0 Å². The number of anilines is 1. The van der Waals surface area contributed by atoms with Gasteiger partial charge in [0.25, 0.3) is 0 Å². The van der Waals surface area contributed by atoms with Crippen molar-refractivity contribution >= 4 is 11.9 Å². The Morgan fingerprint density at radius 2 is 2.19 bits per heavy atom. The molecule has 0 radical (unpaired) electrons. The number of hydrogen-bond donors (Lipinski definition) is 2. The highest BCUT2D eigenvalue weighted by molar-refractivity contribution is 5.85. The maximum absolute atomic E-state index is 10.8. The second kappa shape index (κ2) is 5.41. The van der Waals surface area contributed by atoms with Gasteiger partial charge in [0, 0.05) is 18.8 Å². The summed E-state index contributed by atoms with van der Waals surface area (Å²) in [4.78, 5) is 20.8. The van der Waals surface area contributed by atoms with Gasteiger partial charge in [-0.2, -0.15) is 0 Å². The third-order valence-electron chi connectivity index (χ3n) is 1.92. The Balaban J connectivity index is 2.69. The van der Waals surface area contributed by atoms with E-state index >= 15 is 0 Å². The monoisotopic (exact) mass is 224 g/mol. The highest BCUT2D eigenvalue weighted by atomic mass is 16.4. The lowest BCUT2D eigenvalue weighted by Crippen LogP contribution is -2.22. The first-order valence-electron chi connectivity index (χ1n) is 4.96. The molecule has 1 aromatic rings. The maximum Gasteiger partial charge on any atom is 0.354 e. The van der Waals surface area contributed by atoms with Crippen LogP contribution >= 0.6 is 0 Å². The molecule has 0 aliphatic heterocycles. The number of aromatic carboxylic acids is 1. The molecule has 2 N–H and O–H groups in total. The quantitative estimate of drug-likeness (QED) is 0.756. The van der Waals surface area contributed by atoms with Gasteiger partial charge in [0.1, 0.15) is 0 Å². The van der Waals surface area contributed by atoms with Crippen molar-refractivity contribution in [3.05, 3.63) is 17.5 Å². The van der Waals surface area contributed by atoms with Gasteiger partial charge in [0.05, 0.1) is 0 Å². The number of nitrogens with one attached hydrogen (secondary N) is 1. The van der Waals surface area contributed by atoms with Crippen LogP contribution in [0.4, 0.5) is 5.95 Å². The minimum absolute atomic E-state index is 0.0138. The third kappa shape index (κ3) is 3.82. The van der Waals surface area contributed by atoms with Gasteiger partial charge in [0.15, 0.2) is 5.69 Å². The van der Waals surface area contributed by atoms with Gasteiger partial charge in [-0.05, 0) is 27.1 Å². The van der Waals surface area contributed by atoms with Crippen LogP contribution in [0.15, 0.2) is 6.07 Å². The largest absolute Gasteiger partial charge is 0.477 e. The van der Waals surface area contributed by atoms with E-state index in [2.05, 4.69) is 15.3 Å². The van der Waals surface area contributed by atoms with Crippen molar-refractivity contribution in [2.75, 3.05) is 32.5 Å². The summed E-state index contributed by atoms with van der Waals surface area (Å²) >= 11 is 0. The summed E-state index contributed by atoms with van der Waals surface area (Å²) in [6.45, 7) is 3.25. The lowest BCUT2D eigenvalue weighted by Gasteiger charge is -2.10. The highest BCUT2D eigenvalue weighted by Gasteiger charge is 2.07. The molecule has 0 saturated heterocycles. The van der Waals surface area contributed by atoms with Gasteiger partial charge in [-0.25, -0.2) is 14.8 Å². The zero-order valence-corrected chi connectivity index (χ0v) is 9.69. The molecule has 0 atom stereocenters. The lowest BCUT2D eigenvalue weighted by atomic mass is 10.3. The number of hydrogen-bond acceptors (Lipinski definition) is 5. The molecule has 16 heavy (non-hydrogen) atoms. The lowest BCUT2D eigenvalue weighted by molar-refractivity contribution is 0.0690. The first-order chi connectivity index (χ1) is 7.49. The molecule has 0 amide bonds. The van der Waals surface area contributed by atoms with E-state index in [1.54, 1.807) is 6.92 Å². The molecule has 0 bridgehead atoms. The van der Waals surface area contributed by atoms with E-state index in [0.717, 1.165) is 6.54 Å². The van der Waals surface area contributed by atoms with Crippen LogP contribution in [0.25, 0.3) is 0 Å². The van der Waals surface area contributed by atoms with Crippen LogP contribution in [0, 0.1) is 6.92 Å². The van der Waals surface area contributed by atoms with Crippen molar-refractivity contribution in [1.29, 1.82) is 0 Å². The summed E-state index contributed by atoms with van der Waals surface area (Å²) in [6, 6.07) is 1.44. The molecule has 0 fully saturated rings. The van der Waals surface area contributed by atoms with Crippen molar-refractivity contribution < 1.29 is 9.90 Å². The van der Waals surface area contributed by atoms with E-state index in [1.807, 2.05) is 19.0 Å². The van der Waals surface area contributed by atoms with Crippen molar-refractivity contribution in [3.8, 4) is 0 Å². The second-order valence-corrected chi connectivity index (χ2v) is 3.75. The molecule has 0 aromatic carbocycles. The van der Waals surface area contributed by atoms with Gasteiger partial charge < -0.3 is 15.3 Å². The molecule has 0 unspecified atom stereocenters. The average Bonchev–Trinajstić information content (AvgIpc) is 2.16. The maximum atomic E-state index is 10.8. The topological polar surface area (TPSA) is 78.3 Å². The third-order valence-corrected chi connectivity index (χ3v) is 1.92. The van der Waals surface area contributed by atoms with E-state index in [1.165, 1.54) is 6.07 Å². The number of likely N-dealkylation sites (N-methyl/N-ethyl adjacent to an activating group) is 1. The van der Waals surface area contributed by atoms with E-state index in [9.17, 15) is 4.79 Å². The van der Waals surface area contributed by atoms with E-state index < -0.39 is 5.97 Å². The summed E-state index contributed by atoms with van der Waals surface area (Å²) < 4.78 is 0. The van der Waals surface area contributed by atoms with Crippen molar-refractivity contribution in [1.82, 2.24) is 14.9 Å². The number of carboxylic acids is 1. The predicted octanol–water partition coefficient (Wildman–Crippen LogP) is 0.457. The molecule has 0 spiro atoms. The Hall–Kier alpha value is -1.69. The zero-order valence-electron chi connectivity index (χ0n) is 9.69. The number of aryl methyl sites for hydroxylation is 1. The Morgan fingerprint density at radius 3 is 2.75 bits per heavy atom. The summed E-state index contributed by atoms with van der Waals surface area (Å²) in [5, 5.41) is 11.8. The van der Waals surface area contributed by atoms with Crippen LogP contribution < -0.4 is 5.32 Å². The minimum atomic E-state index is -1.04. The van der Waals surface area contributed by atoms with Crippen LogP contribution in [0.2, 0.25) is 0 Å². The van der Waals surface area contributed by atoms with Crippen LogP contribution in [0.5, 0.6) is 0 Å². The molecule has 1 aromatic heterocycles. The minimum Gasteiger partial charge on any atom is -0.477 e. The van der Waals surface area contributed by atoms with E-state index in [0.29, 0.717) is 18.2 Å². The Bertz CT molecular complexity index is 379. The zero-order chi connectivity index (χ0) is 12.1. The predicted molar refractivity (Wildman–Crippen MR) is 60.8 cm³/mol. The number of carbonyl (C=O) groups is 1. The number of rotatable bonds is 5. The van der Waals surface area contributed by atoms with Gasteiger partial charge in [-0.15, -0.1) is 0 Å². The molecule has 1 rings (SSSR count). The first-order valence-corrected chi connectivity index (χ1v) is 4.96. The van der Waals surface area contributed by atoms with Crippen LogP contribution in [-0.4, -0.2) is 53.1 Å². The number of aromatic nitrogens is 2. The van der Waals surface area contributed by atoms with E-state index in [-0.39, 0.29) is 5.69 Å². The molecular weight excluding hydrogens is 208 g/mol. The molecule has 88 valence electrons. The summed E-state index contributed by atoms with van der Waals surface area (Å²) in [7, 11) is 3.92. The van der Waals surface area contributed by atoms with Crippen LogP contribution in [0.1, 0.15) is 16.2 Å². The van der Waals surface area contributed by atoms with Crippen LogP contribution in [0.3, 0.4) is 0 Å². The first kappa shape index (κ1) is 12.4. The fourth-order valence-corrected chi connectivity index (χ4v) is 1.15. The molecule has 0 aliphatic carbocycles. The van der Waals surface area contributed by atoms with Gasteiger partial charge >= 0.3 is 5.97 Å². The Labute approximate surface area is 94.3 Å². The smallest absolute Gasteiger partial charge is 0.354 e. The molecular formula is C10H16N4O2. The fourth-order valence-electron chi connectivity index (χ4n) is 1.15. The SMILES string of the molecule is Cc1cc(C(=O)O)nc(NCCN(C)C)n1. The van der Waals surface area contributed by atoms with Crippen molar-refractivity contribution in [2.45, 2.75) is 6.92 Å². The highest BCUT2D eigenvalue weighted by Crippen LogP contribution is 2.04. The van der Waals surface area contributed by atoms with Gasteiger partial charge in [-0.1, -0.05) is 0 Å². The summed E-state index contributed by atoms with van der Waals surface area (Å²) in [5.41, 5.74) is 0.652. The molecule has 6 nitrogen and oxygen atoms in total. The van der Waals surface area contributed by atoms with Gasteiger partial charge in [-0.3, -0.25) is 0 Å². The summed E-state index contributed by atoms with van der Waals surface area (Å²) in [6.07, 6.45) is 0. The van der Waals surface area contributed by atoms with Crippen LogP contribution in [-0.2, 0) is 0 Å². The standard InChI is InChI=1S/C10H16N4O2/c1-7-6-8(9(15)16)13-10(12-7)11-4-5-14(2)3/h6H,4-5H2,1-3H3,(H,15,16)(H,11,12,13).